The summed E-state index contributed by atoms with van der Waals surface area (Å²) in [5.74, 6) is 0.680. The van der Waals surface area contributed by atoms with Crippen LogP contribution in [-0.2, 0) is 5.41 Å². The Bertz CT molecular complexity index is 384. The van der Waals surface area contributed by atoms with Crippen LogP contribution in [0.15, 0.2) is 12.1 Å². The van der Waals surface area contributed by atoms with Gasteiger partial charge in [0.15, 0.2) is 0 Å². The van der Waals surface area contributed by atoms with E-state index in [-0.39, 0.29) is 11.5 Å². The smallest absolute Gasteiger partial charge is 0.0423 e. The molecule has 1 nitrogen and oxygen atoms in total. The van der Waals surface area contributed by atoms with E-state index in [4.69, 9.17) is 5.73 Å². The molecule has 2 heteroatoms. The molecule has 0 spiro atoms. The summed E-state index contributed by atoms with van der Waals surface area (Å²) in [6.07, 6.45) is 1.27. The van der Waals surface area contributed by atoms with Crippen molar-refractivity contribution in [1.29, 1.82) is 0 Å². The van der Waals surface area contributed by atoms with Crippen molar-refractivity contribution in [1.82, 2.24) is 0 Å². The molecule has 0 bridgehead atoms. The van der Waals surface area contributed by atoms with Crippen LogP contribution in [0.1, 0.15) is 56.8 Å². The van der Waals surface area contributed by atoms with Gasteiger partial charge in [-0.1, -0.05) is 34.6 Å². The maximum atomic E-state index is 6.34. The summed E-state index contributed by atoms with van der Waals surface area (Å²) in [6.45, 7) is 11.4. The summed E-state index contributed by atoms with van der Waals surface area (Å²) in [5, 5.41) is 0. The Kier molecular flexibility index (Phi) is 2.71. The van der Waals surface area contributed by atoms with Crippen molar-refractivity contribution in [3.8, 4) is 0 Å². The molecule has 2 N–H and O–H groups in total. The third-order valence-corrected chi connectivity index (χ3v) is 5.33. The second-order valence-electron chi connectivity index (χ2n) is 6.78. The van der Waals surface area contributed by atoms with Crippen molar-refractivity contribution in [2.75, 3.05) is 0 Å². The van der Waals surface area contributed by atoms with Crippen molar-refractivity contribution < 1.29 is 0 Å². The van der Waals surface area contributed by atoms with E-state index in [9.17, 15) is 0 Å². The predicted molar refractivity (Wildman–Crippen MR) is 71.8 cm³/mol. The maximum Gasteiger partial charge on any atom is 0.0423 e. The van der Waals surface area contributed by atoms with E-state index in [0.717, 1.165) is 0 Å². The highest BCUT2D eigenvalue weighted by molar-refractivity contribution is 7.12. The highest BCUT2D eigenvalue weighted by Gasteiger charge is 2.49. The number of hydrogen-bond acceptors (Lipinski definition) is 2. The van der Waals surface area contributed by atoms with Crippen LogP contribution in [0.3, 0.4) is 0 Å². The first-order chi connectivity index (χ1) is 7.22. The van der Waals surface area contributed by atoms with Crippen molar-refractivity contribution in [3.05, 3.63) is 21.9 Å². The summed E-state index contributed by atoms with van der Waals surface area (Å²) in [6, 6.07) is 4.72. The SMILES string of the molecule is CC(C)(C)c1ccc(C(N)C2CC2(C)C)s1. The molecule has 1 fully saturated rings. The zero-order valence-electron chi connectivity index (χ0n) is 11.0. The molecule has 2 unspecified atom stereocenters. The Morgan fingerprint density at radius 2 is 1.94 bits per heavy atom. The maximum absolute atomic E-state index is 6.34. The zero-order chi connectivity index (χ0) is 12.1. The first-order valence-corrected chi connectivity index (χ1v) is 6.89. The van der Waals surface area contributed by atoms with Crippen molar-refractivity contribution >= 4 is 11.3 Å². The van der Waals surface area contributed by atoms with E-state index in [2.05, 4.69) is 46.8 Å². The molecule has 2 atom stereocenters. The minimum absolute atomic E-state index is 0.246. The van der Waals surface area contributed by atoms with Crippen LogP contribution in [0.4, 0.5) is 0 Å². The summed E-state index contributed by atoms with van der Waals surface area (Å²) < 4.78 is 0. The van der Waals surface area contributed by atoms with Crippen molar-refractivity contribution in [2.45, 2.75) is 52.5 Å². The van der Waals surface area contributed by atoms with Crippen molar-refractivity contribution in [3.63, 3.8) is 0 Å². The summed E-state index contributed by atoms with van der Waals surface area (Å²) in [7, 11) is 0. The molecule has 0 saturated heterocycles. The van der Waals surface area contributed by atoms with Gasteiger partial charge >= 0.3 is 0 Å². The van der Waals surface area contributed by atoms with Gasteiger partial charge in [-0.15, -0.1) is 11.3 Å². The monoisotopic (exact) mass is 237 g/mol. The van der Waals surface area contributed by atoms with E-state index < -0.39 is 0 Å². The Labute approximate surface area is 103 Å². The Balaban J connectivity index is 2.14. The lowest BCUT2D eigenvalue weighted by atomic mass is 9.95. The normalized spacial score (nSPS) is 25.5. The Morgan fingerprint density at radius 3 is 2.31 bits per heavy atom. The van der Waals surface area contributed by atoms with Crippen LogP contribution in [0.2, 0.25) is 0 Å². The fourth-order valence-electron chi connectivity index (χ4n) is 2.25. The molecule has 1 aromatic heterocycles. The third kappa shape index (κ3) is 2.18. The fraction of sp³-hybridized carbons (Fsp3) is 0.714. The van der Waals surface area contributed by atoms with Crippen LogP contribution >= 0.6 is 11.3 Å². The predicted octanol–water partition coefficient (Wildman–Crippen LogP) is 4.09. The fourth-order valence-corrected chi connectivity index (χ4v) is 3.39. The standard InChI is InChI=1S/C14H23NS/c1-13(2,3)11-7-6-10(16-11)12(15)9-8-14(9,4)5/h6-7,9,12H,8,15H2,1-5H3. The summed E-state index contributed by atoms with van der Waals surface area (Å²) in [5.41, 5.74) is 7.06. The van der Waals surface area contributed by atoms with E-state index in [1.165, 1.54) is 16.2 Å². The molecule has 90 valence electrons. The molecule has 2 rings (SSSR count). The lowest BCUT2D eigenvalue weighted by molar-refractivity contribution is 0.496. The van der Waals surface area contributed by atoms with Crippen LogP contribution in [0.25, 0.3) is 0 Å². The lowest BCUT2D eigenvalue weighted by Gasteiger charge is -2.16. The second-order valence-corrected chi connectivity index (χ2v) is 7.89. The molecule has 0 radical (unpaired) electrons. The minimum atomic E-state index is 0.246. The molecular weight excluding hydrogens is 214 g/mol. The van der Waals surface area contributed by atoms with Gasteiger partial charge in [0.05, 0.1) is 0 Å². The Hall–Kier alpha value is -0.340. The average molecular weight is 237 g/mol. The molecule has 1 aliphatic rings. The largest absolute Gasteiger partial charge is 0.323 e. The van der Waals surface area contributed by atoms with Crippen LogP contribution in [0, 0.1) is 11.3 Å². The molecular formula is C14H23NS. The molecule has 1 saturated carbocycles. The van der Waals surface area contributed by atoms with Crippen LogP contribution < -0.4 is 5.73 Å². The van der Waals surface area contributed by atoms with E-state index in [0.29, 0.717) is 11.3 Å². The van der Waals surface area contributed by atoms with E-state index in [1.807, 2.05) is 11.3 Å². The van der Waals surface area contributed by atoms with Gasteiger partial charge in [-0.2, -0.15) is 0 Å². The third-order valence-electron chi connectivity index (χ3n) is 3.72. The van der Waals surface area contributed by atoms with Crippen LogP contribution in [-0.4, -0.2) is 0 Å². The van der Waals surface area contributed by atoms with Gasteiger partial charge < -0.3 is 5.73 Å². The number of rotatable bonds is 2. The minimum Gasteiger partial charge on any atom is -0.323 e. The van der Waals surface area contributed by atoms with Crippen LogP contribution in [0.5, 0.6) is 0 Å². The lowest BCUT2D eigenvalue weighted by Crippen LogP contribution is -2.14. The highest BCUT2D eigenvalue weighted by Crippen LogP contribution is 2.57. The number of thiophene rings is 1. The van der Waals surface area contributed by atoms with Crippen molar-refractivity contribution in [2.24, 2.45) is 17.1 Å². The molecule has 0 amide bonds. The molecule has 1 heterocycles. The topological polar surface area (TPSA) is 26.0 Å². The van der Waals surface area contributed by atoms with Gasteiger partial charge in [0.1, 0.15) is 0 Å². The molecule has 1 aliphatic carbocycles. The average Bonchev–Trinajstić information content (AvgIpc) is 2.65. The summed E-state index contributed by atoms with van der Waals surface area (Å²) in [4.78, 5) is 2.80. The molecule has 16 heavy (non-hydrogen) atoms. The van der Waals surface area contributed by atoms with Gasteiger partial charge in [0.2, 0.25) is 0 Å². The number of hydrogen-bond donors (Lipinski definition) is 1. The first kappa shape index (κ1) is 12.1. The van der Waals surface area contributed by atoms with E-state index >= 15 is 0 Å². The molecule has 0 aliphatic heterocycles. The first-order valence-electron chi connectivity index (χ1n) is 6.07. The van der Waals surface area contributed by atoms with Gasteiger partial charge in [-0.3, -0.25) is 0 Å². The van der Waals surface area contributed by atoms with Gasteiger partial charge in [0.25, 0.3) is 0 Å². The molecule has 0 aromatic carbocycles. The number of nitrogens with two attached hydrogens (primary N) is 1. The van der Waals surface area contributed by atoms with Gasteiger partial charge in [-0.25, -0.2) is 0 Å². The zero-order valence-corrected chi connectivity index (χ0v) is 11.8. The van der Waals surface area contributed by atoms with E-state index in [1.54, 1.807) is 0 Å². The molecule has 1 aromatic rings. The van der Waals surface area contributed by atoms with Gasteiger partial charge in [-0.05, 0) is 35.3 Å². The summed E-state index contributed by atoms with van der Waals surface area (Å²) >= 11 is 1.89. The second kappa shape index (κ2) is 3.58. The Morgan fingerprint density at radius 1 is 1.38 bits per heavy atom. The van der Waals surface area contributed by atoms with Gasteiger partial charge in [0, 0.05) is 15.8 Å². The highest BCUT2D eigenvalue weighted by atomic mass is 32.1. The quantitative estimate of drug-likeness (QED) is 0.823.